The van der Waals surface area contributed by atoms with Gasteiger partial charge in [0.15, 0.2) is 0 Å². The van der Waals surface area contributed by atoms with Gasteiger partial charge >= 0.3 is 0 Å². The van der Waals surface area contributed by atoms with Crippen molar-refractivity contribution in [3.63, 3.8) is 0 Å². The summed E-state index contributed by atoms with van der Waals surface area (Å²) in [6.45, 7) is 3.12. The molecule has 0 spiro atoms. The summed E-state index contributed by atoms with van der Waals surface area (Å²) in [5.74, 6) is 0.308. The lowest BCUT2D eigenvalue weighted by Crippen LogP contribution is -1.87. The molecule has 0 amide bonds. The van der Waals surface area contributed by atoms with Crippen LogP contribution in [0.2, 0.25) is 0 Å². The number of benzene rings is 1. The number of para-hydroxylation sites is 1. The van der Waals surface area contributed by atoms with Gasteiger partial charge in [-0.05, 0) is 18.6 Å². The molecule has 0 aliphatic carbocycles. The molecule has 2 nitrogen and oxygen atoms in total. The van der Waals surface area contributed by atoms with E-state index >= 15 is 0 Å². The molecule has 0 saturated heterocycles. The summed E-state index contributed by atoms with van der Waals surface area (Å²) < 4.78 is 0. The molecule has 0 unspecified atom stereocenters. The van der Waals surface area contributed by atoms with Crippen molar-refractivity contribution in [1.29, 1.82) is 0 Å². The van der Waals surface area contributed by atoms with Crippen molar-refractivity contribution in [1.82, 2.24) is 0 Å². The first kappa shape index (κ1) is 15.7. The number of aliphatic imine (C=N–C) groups is 1. The van der Waals surface area contributed by atoms with Crippen LogP contribution in [0.1, 0.15) is 63.9 Å². The van der Waals surface area contributed by atoms with Crippen LogP contribution in [0.25, 0.3) is 0 Å². The molecule has 1 aromatic carbocycles. The number of aromatic hydroxyl groups is 1. The average Bonchev–Trinajstić information content (AvgIpc) is 2.43. The lowest BCUT2D eigenvalue weighted by molar-refractivity contribution is 0.474. The predicted molar refractivity (Wildman–Crippen MR) is 83.2 cm³/mol. The molecular weight excluding hydrogens is 234 g/mol. The van der Waals surface area contributed by atoms with Gasteiger partial charge in [-0.1, -0.05) is 64.0 Å². The van der Waals surface area contributed by atoms with E-state index in [1.54, 1.807) is 12.3 Å². The lowest BCUT2D eigenvalue weighted by atomic mass is 10.1. The fourth-order valence-corrected chi connectivity index (χ4v) is 2.10. The normalized spacial score (nSPS) is 11.2. The van der Waals surface area contributed by atoms with Gasteiger partial charge in [0.25, 0.3) is 0 Å². The molecule has 19 heavy (non-hydrogen) atoms. The van der Waals surface area contributed by atoms with Crippen LogP contribution >= 0.6 is 0 Å². The first-order valence-corrected chi connectivity index (χ1v) is 7.62. The van der Waals surface area contributed by atoms with Gasteiger partial charge in [0.1, 0.15) is 5.75 Å². The van der Waals surface area contributed by atoms with Crippen molar-refractivity contribution in [2.24, 2.45) is 4.99 Å². The third-order valence-corrected chi connectivity index (χ3v) is 3.31. The Kier molecular flexibility index (Phi) is 8.78. The Labute approximate surface area is 117 Å². The smallest absolute Gasteiger partial charge is 0.124 e. The van der Waals surface area contributed by atoms with Crippen molar-refractivity contribution in [2.45, 2.75) is 58.3 Å². The standard InChI is InChI=1S/C17H27NO/c1-2-3-4-5-6-7-8-11-14-18-15-16-12-9-10-13-17(16)19/h9-10,12-13,15,19H,2-8,11,14H2,1H3. The van der Waals surface area contributed by atoms with Crippen molar-refractivity contribution in [3.8, 4) is 5.75 Å². The first-order chi connectivity index (χ1) is 9.34. The zero-order valence-corrected chi connectivity index (χ0v) is 12.1. The minimum atomic E-state index is 0.308. The third-order valence-electron chi connectivity index (χ3n) is 3.31. The van der Waals surface area contributed by atoms with E-state index in [0.717, 1.165) is 18.5 Å². The van der Waals surface area contributed by atoms with Gasteiger partial charge in [0, 0.05) is 18.3 Å². The largest absolute Gasteiger partial charge is 0.507 e. The Morgan fingerprint density at radius 2 is 1.58 bits per heavy atom. The number of unbranched alkanes of at least 4 members (excludes halogenated alkanes) is 7. The number of rotatable bonds is 10. The summed E-state index contributed by atoms with van der Waals surface area (Å²) in [6.07, 6.45) is 12.4. The molecular formula is C17H27NO. The Hall–Kier alpha value is -1.31. The molecule has 0 bridgehead atoms. The topological polar surface area (TPSA) is 32.6 Å². The second-order valence-corrected chi connectivity index (χ2v) is 5.07. The van der Waals surface area contributed by atoms with Crippen molar-refractivity contribution in [2.75, 3.05) is 6.54 Å². The van der Waals surface area contributed by atoms with Gasteiger partial charge in [0.2, 0.25) is 0 Å². The highest BCUT2D eigenvalue weighted by Gasteiger charge is 1.94. The van der Waals surface area contributed by atoms with Crippen LogP contribution < -0.4 is 0 Å². The molecule has 0 aromatic heterocycles. The monoisotopic (exact) mass is 261 g/mol. The Balaban J connectivity index is 2.00. The fraction of sp³-hybridized carbons (Fsp3) is 0.588. The molecule has 0 atom stereocenters. The quantitative estimate of drug-likeness (QED) is 0.469. The van der Waals surface area contributed by atoms with E-state index in [-0.39, 0.29) is 0 Å². The molecule has 0 saturated carbocycles. The zero-order chi connectivity index (χ0) is 13.8. The second kappa shape index (κ2) is 10.6. The molecule has 1 rings (SSSR count). The lowest BCUT2D eigenvalue weighted by Gasteiger charge is -2.00. The summed E-state index contributed by atoms with van der Waals surface area (Å²) in [7, 11) is 0. The molecule has 2 heteroatoms. The third kappa shape index (κ3) is 7.66. The van der Waals surface area contributed by atoms with E-state index in [9.17, 15) is 5.11 Å². The number of phenols is 1. The minimum absolute atomic E-state index is 0.308. The Morgan fingerprint density at radius 1 is 0.947 bits per heavy atom. The van der Waals surface area contributed by atoms with Crippen LogP contribution in [0.5, 0.6) is 5.75 Å². The highest BCUT2D eigenvalue weighted by Crippen LogP contribution is 2.13. The van der Waals surface area contributed by atoms with Gasteiger partial charge in [-0.15, -0.1) is 0 Å². The van der Waals surface area contributed by atoms with Gasteiger partial charge in [-0.25, -0.2) is 0 Å². The first-order valence-electron chi connectivity index (χ1n) is 7.62. The fourth-order valence-electron chi connectivity index (χ4n) is 2.10. The molecule has 0 aliphatic heterocycles. The zero-order valence-electron chi connectivity index (χ0n) is 12.1. The van der Waals surface area contributed by atoms with Crippen LogP contribution in [0.15, 0.2) is 29.3 Å². The molecule has 0 heterocycles. The van der Waals surface area contributed by atoms with Crippen molar-refractivity contribution >= 4 is 6.21 Å². The minimum Gasteiger partial charge on any atom is -0.507 e. The number of hydrogen-bond donors (Lipinski definition) is 1. The summed E-state index contributed by atoms with van der Waals surface area (Å²) in [6, 6.07) is 7.31. The van der Waals surface area contributed by atoms with Crippen LogP contribution in [-0.4, -0.2) is 17.9 Å². The number of nitrogens with zero attached hydrogens (tertiary/aromatic N) is 1. The maximum atomic E-state index is 9.56. The Morgan fingerprint density at radius 3 is 2.26 bits per heavy atom. The van der Waals surface area contributed by atoms with Crippen LogP contribution in [0.4, 0.5) is 0 Å². The van der Waals surface area contributed by atoms with Gasteiger partial charge in [0.05, 0.1) is 0 Å². The van der Waals surface area contributed by atoms with Crippen LogP contribution in [0.3, 0.4) is 0 Å². The van der Waals surface area contributed by atoms with E-state index < -0.39 is 0 Å². The van der Waals surface area contributed by atoms with Crippen LogP contribution in [0, 0.1) is 0 Å². The van der Waals surface area contributed by atoms with E-state index in [1.807, 2.05) is 18.2 Å². The van der Waals surface area contributed by atoms with E-state index in [1.165, 1.54) is 44.9 Å². The molecule has 1 aromatic rings. The summed E-state index contributed by atoms with van der Waals surface area (Å²) >= 11 is 0. The predicted octanol–water partition coefficient (Wildman–Crippen LogP) is 4.95. The van der Waals surface area contributed by atoms with Gasteiger partial charge < -0.3 is 5.11 Å². The van der Waals surface area contributed by atoms with Crippen molar-refractivity contribution in [3.05, 3.63) is 29.8 Å². The maximum absolute atomic E-state index is 9.56. The summed E-state index contributed by atoms with van der Waals surface area (Å²) in [5.41, 5.74) is 0.807. The van der Waals surface area contributed by atoms with Gasteiger partial charge in [-0.3, -0.25) is 4.99 Å². The van der Waals surface area contributed by atoms with E-state index in [0.29, 0.717) is 5.75 Å². The molecule has 106 valence electrons. The SMILES string of the molecule is CCCCCCCCCCN=Cc1ccccc1O. The Bertz CT molecular complexity index is 360. The maximum Gasteiger partial charge on any atom is 0.124 e. The molecule has 0 radical (unpaired) electrons. The number of hydrogen-bond acceptors (Lipinski definition) is 2. The average molecular weight is 261 g/mol. The van der Waals surface area contributed by atoms with E-state index in [2.05, 4.69) is 11.9 Å². The number of phenolic OH excluding ortho intramolecular Hbond substituents is 1. The molecule has 0 aliphatic rings. The highest BCUT2D eigenvalue weighted by molar-refractivity contribution is 5.83. The van der Waals surface area contributed by atoms with E-state index in [4.69, 9.17) is 0 Å². The van der Waals surface area contributed by atoms with Crippen LogP contribution in [-0.2, 0) is 0 Å². The van der Waals surface area contributed by atoms with Gasteiger partial charge in [-0.2, -0.15) is 0 Å². The summed E-state index contributed by atoms with van der Waals surface area (Å²) in [4.78, 5) is 4.36. The molecule has 0 fully saturated rings. The van der Waals surface area contributed by atoms with Crippen molar-refractivity contribution < 1.29 is 5.11 Å². The molecule has 1 N–H and O–H groups in total. The summed E-state index contributed by atoms with van der Waals surface area (Å²) in [5, 5.41) is 9.56. The second-order valence-electron chi connectivity index (χ2n) is 5.07. The highest BCUT2D eigenvalue weighted by atomic mass is 16.3.